The summed E-state index contributed by atoms with van der Waals surface area (Å²) in [6.07, 6.45) is 0. The van der Waals surface area contributed by atoms with Gasteiger partial charge in [0.25, 0.3) is 5.91 Å². The van der Waals surface area contributed by atoms with E-state index in [1.54, 1.807) is 0 Å². The lowest BCUT2D eigenvalue weighted by Gasteiger charge is -2.16. The van der Waals surface area contributed by atoms with Gasteiger partial charge in [-0.2, -0.15) is 0 Å². The summed E-state index contributed by atoms with van der Waals surface area (Å²) in [6.45, 7) is 8.13. The second-order valence-corrected chi connectivity index (χ2v) is 5.69. The molecule has 0 saturated heterocycles. The van der Waals surface area contributed by atoms with E-state index in [4.69, 9.17) is 4.74 Å². The Bertz CT molecular complexity index is 664. The number of hydrogen-bond donors (Lipinski definition) is 1. The van der Waals surface area contributed by atoms with Crippen molar-refractivity contribution in [2.75, 3.05) is 6.61 Å². The molecule has 2 aromatic rings. The van der Waals surface area contributed by atoms with Gasteiger partial charge in [0.05, 0.1) is 6.04 Å². The van der Waals surface area contributed by atoms with E-state index >= 15 is 0 Å². The van der Waals surface area contributed by atoms with Crippen LogP contribution < -0.4 is 10.1 Å². The van der Waals surface area contributed by atoms with Crippen LogP contribution in [-0.2, 0) is 4.79 Å². The van der Waals surface area contributed by atoms with Crippen molar-refractivity contribution in [1.29, 1.82) is 0 Å². The first kappa shape index (κ1) is 16.1. The first-order valence-electron chi connectivity index (χ1n) is 7.52. The predicted octanol–water partition coefficient (Wildman–Crippen LogP) is 3.87. The maximum Gasteiger partial charge on any atom is 0.258 e. The van der Waals surface area contributed by atoms with Crippen molar-refractivity contribution >= 4 is 5.91 Å². The van der Waals surface area contributed by atoms with E-state index in [0.717, 1.165) is 16.9 Å². The number of aryl methyl sites for hydroxylation is 3. The molecule has 0 aliphatic rings. The number of rotatable bonds is 5. The third-order valence-electron chi connectivity index (χ3n) is 3.86. The Labute approximate surface area is 132 Å². The third kappa shape index (κ3) is 4.10. The minimum Gasteiger partial charge on any atom is -0.484 e. The molecule has 0 spiro atoms. The van der Waals surface area contributed by atoms with Gasteiger partial charge >= 0.3 is 0 Å². The van der Waals surface area contributed by atoms with Crippen LogP contribution in [0.5, 0.6) is 5.75 Å². The molecule has 0 aliphatic heterocycles. The standard InChI is InChI=1S/C19H23NO2/c1-13-9-10-17(11-15(13)3)16(4)20-19(21)12-22-18-8-6-5-7-14(18)2/h5-11,16H,12H2,1-4H3,(H,20,21)/t16-/m0/s1. The average molecular weight is 297 g/mol. The molecular formula is C19H23NO2. The second-order valence-electron chi connectivity index (χ2n) is 5.69. The molecule has 2 rings (SSSR count). The summed E-state index contributed by atoms with van der Waals surface area (Å²) in [4.78, 5) is 12.0. The molecule has 0 unspecified atom stereocenters. The Morgan fingerprint density at radius 1 is 1.05 bits per heavy atom. The monoisotopic (exact) mass is 297 g/mol. The average Bonchev–Trinajstić information content (AvgIpc) is 2.49. The van der Waals surface area contributed by atoms with Crippen LogP contribution in [0.2, 0.25) is 0 Å². The van der Waals surface area contributed by atoms with Crippen LogP contribution in [0.1, 0.15) is 35.2 Å². The molecule has 0 bridgehead atoms. The minimum absolute atomic E-state index is 0.0278. The SMILES string of the molecule is Cc1ccc([C@H](C)NC(=O)COc2ccccc2C)cc1C. The number of para-hydroxylation sites is 1. The van der Waals surface area contributed by atoms with Crippen molar-refractivity contribution in [2.24, 2.45) is 0 Å². The van der Waals surface area contributed by atoms with Crippen molar-refractivity contribution in [1.82, 2.24) is 5.32 Å². The lowest BCUT2D eigenvalue weighted by molar-refractivity contribution is -0.123. The Kier molecular flexibility index (Phi) is 5.21. The van der Waals surface area contributed by atoms with E-state index in [-0.39, 0.29) is 18.6 Å². The van der Waals surface area contributed by atoms with Crippen LogP contribution in [0.3, 0.4) is 0 Å². The van der Waals surface area contributed by atoms with Gasteiger partial charge in [-0.25, -0.2) is 0 Å². The molecule has 0 saturated carbocycles. The summed E-state index contributed by atoms with van der Waals surface area (Å²) in [7, 11) is 0. The molecule has 0 aromatic heterocycles. The predicted molar refractivity (Wildman–Crippen MR) is 89.1 cm³/mol. The summed E-state index contributed by atoms with van der Waals surface area (Å²) < 4.78 is 5.57. The van der Waals surface area contributed by atoms with E-state index in [1.165, 1.54) is 11.1 Å². The summed E-state index contributed by atoms with van der Waals surface area (Å²) >= 11 is 0. The molecule has 1 amide bonds. The molecule has 2 aromatic carbocycles. The Morgan fingerprint density at radius 2 is 1.77 bits per heavy atom. The van der Waals surface area contributed by atoms with Crippen LogP contribution in [0.25, 0.3) is 0 Å². The number of hydrogen-bond acceptors (Lipinski definition) is 2. The lowest BCUT2D eigenvalue weighted by atomic mass is 10.0. The molecule has 0 fully saturated rings. The van der Waals surface area contributed by atoms with E-state index in [1.807, 2.05) is 38.1 Å². The highest BCUT2D eigenvalue weighted by Crippen LogP contribution is 2.18. The van der Waals surface area contributed by atoms with Gasteiger partial charge in [-0.3, -0.25) is 4.79 Å². The molecule has 1 atom stereocenters. The quantitative estimate of drug-likeness (QED) is 0.910. The molecule has 116 valence electrons. The molecule has 0 aliphatic carbocycles. The van der Waals surface area contributed by atoms with Gasteiger partial charge < -0.3 is 10.1 Å². The zero-order valence-electron chi connectivity index (χ0n) is 13.6. The molecule has 22 heavy (non-hydrogen) atoms. The van der Waals surface area contributed by atoms with Gasteiger partial charge in [0, 0.05) is 0 Å². The number of ether oxygens (including phenoxy) is 1. The number of carbonyl (C=O) groups excluding carboxylic acids is 1. The Morgan fingerprint density at radius 3 is 2.45 bits per heavy atom. The van der Waals surface area contributed by atoms with Crippen LogP contribution in [0, 0.1) is 20.8 Å². The van der Waals surface area contributed by atoms with Crippen molar-refractivity contribution in [3.63, 3.8) is 0 Å². The van der Waals surface area contributed by atoms with Crippen molar-refractivity contribution < 1.29 is 9.53 Å². The summed E-state index contributed by atoms with van der Waals surface area (Å²) in [5, 5.41) is 2.97. The van der Waals surface area contributed by atoms with Gasteiger partial charge in [-0.05, 0) is 56.0 Å². The molecule has 3 nitrogen and oxygen atoms in total. The van der Waals surface area contributed by atoms with Gasteiger partial charge in [0.1, 0.15) is 5.75 Å². The van der Waals surface area contributed by atoms with Gasteiger partial charge in [-0.15, -0.1) is 0 Å². The fraction of sp³-hybridized carbons (Fsp3) is 0.316. The van der Waals surface area contributed by atoms with Crippen LogP contribution in [0.15, 0.2) is 42.5 Å². The summed E-state index contributed by atoms with van der Waals surface area (Å²) in [5.41, 5.74) is 4.62. The first-order chi connectivity index (χ1) is 10.5. The zero-order valence-corrected chi connectivity index (χ0v) is 13.6. The van der Waals surface area contributed by atoms with Gasteiger partial charge in [0.2, 0.25) is 0 Å². The highest BCUT2D eigenvalue weighted by atomic mass is 16.5. The van der Waals surface area contributed by atoms with E-state index < -0.39 is 0 Å². The van der Waals surface area contributed by atoms with Crippen LogP contribution >= 0.6 is 0 Å². The van der Waals surface area contributed by atoms with Crippen LogP contribution in [-0.4, -0.2) is 12.5 Å². The Hall–Kier alpha value is -2.29. The lowest BCUT2D eigenvalue weighted by Crippen LogP contribution is -2.31. The highest BCUT2D eigenvalue weighted by Gasteiger charge is 2.11. The molecule has 1 N–H and O–H groups in total. The summed E-state index contributed by atoms with van der Waals surface area (Å²) in [6, 6.07) is 13.9. The highest BCUT2D eigenvalue weighted by molar-refractivity contribution is 5.78. The maximum atomic E-state index is 12.0. The largest absolute Gasteiger partial charge is 0.484 e. The number of benzene rings is 2. The summed E-state index contributed by atoms with van der Waals surface area (Å²) in [5.74, 6) is 0.630. The van der Waals surface area contributed by atoms with Crippen LogP contribution in [0.4, 0.5) is 0 Å². The number of amides is 1. The molecule has 0 heterocycles. The molecule has 3 heteroatoms. The second kappa shape index (κ2) is 7.12. The fourth-order valence-electron chi connectivity index (χ4n) is 2.26. The molecular weight excluding hydrogens is 274 g/mol. The number of nitrogens with one attached hydrogen (secondary N) is 1. The molecule has 0 radical (unpaired) electrons. The maximum absolute atomic E-state index is 12.0. The normalized spacial score (nSPS) is 11.8. The fourth-order valence-corrected chi connectivity index (χ4v) is 2.26. The van der Waals surface area contributed by atoms with Crippen molar-refractivity contribution in [2.45, 2.75) is 33.7 Å². The van der Waals surface area contributed by atoms with Gasteiger partial charge in [-0.1, -0.05) is 36.4 Å². The first-order valence-corrected chi connectivity index (χ1v) is 7.52. The topological polar surface area (TPSA) is 38.3 Å². The zero-order chi connectivity index (χ0) is 16.1. The van der Waals surface area contributed by atoms with Crippen molar-refractivity contribution in [3.05, 3.63) is 64.7 Å². The minimum atomic E-state index is -0.117. The number of carbonyl (C=O) groups is 1. The smallest absolute Gasteiger partial charge is 0.258 e. The van der Waals surface area contributed by atoms with E-state index in [0.29, 0.717) is 0 Å². The van der Waals surface area contributed by atoms with E-state index in [9.17, 15) is 4.79 Å². The third-order valence-corrected chi connectivity index (χ3v) is 3.86. The van der Waals surface area contributed by atoms with Gasteiger partial charge in [0.15, 0.2) is 6.61 Å². The van der Waals surface area contributed by atoms with Crippen molar-refractivity contribution in [3.8, 4) is 5.75 Å². The Balaban J connectivity index is 1.91. The van der Waals surface area contributed by atoms with E-state index in [2.05, 4.69) is 37.4 Å².